The molecule has 2 aromatic carbocycles. The van der Waals surface area contributed by atoms with Crippen LogP contribution in [0.4, 0.5) is 5.69 Å². The molecule has 8 heteroatoms. The number of rotatable bonds is 6. The summed E-state index contributed by atoms with van der Waals surface area (Å²) in [6, 6.07) is 15.9. The van der Waals surface area contributed by atoms with Gasteiger partial charge in [-0.2, -0.15) is 5.26 Å². The molecule has 0 saturated heterocycles. The van der Waals surface area contributed by atoms with E-state index in [2.05, 4.69) is 10.1 Å². The predicted molar refractivity (Wildman–Crippen MR) is 101 cm³/mol. The molecule has 0 spiro atoms. The van der Waals surface area contributed by atoms with E-state index >= 15 is 0 Å². The maximum atomic E-state index is 12.8. The van der Waals surface area contributed by atoms with Crippen LogP contribution >= 0.6 is 11.8 Å². The van der Waals surface area contributed by atoms with Crippen LogP contribution in [0.1, 0.15) is 10.4 Å². The van der Waals surface area contributed by atoms with E-state index in [-0.39, 0.29) is 14.8 Å². The topological polar surface area (TPSA) is 96.3 Å². The highest BCUT2D eigenvalue weighted by Crippen LogP contribution is 2.28. The van der Waals surface area contributed by atoms with Crippen LogP contribution in [0.2, 0.25) is 0 Å². The van der Waals surface area contributed by atoms with Crippen molar-refractivity contribution in [2.24, 2.45) is 0 Å². The third-order valence-electron chi connectivity index (χ3n) is 3.38. The number of esters is 1. The Morgan fingerprint density at radius 2 is 1.85 bits per heavy atom. The Kier molecular flexibility index (Phi) is 6.44. The molecule has 2 aromatic rings. The molecule has 0 aliphatic heterocycles. The highest BCUT2D eigenvalue weighted by Gasteiger charge is 2.25. The second kappa shape index (κ2) is 8.56. The van der Waals surface area contributed by atoms with E-state index < -0.39 is 15.8 Å². The predicted octanol–water partition coefficient (Wildman–Crippen LogP) is 3.41. The van der Waals surface area contributed by atoms with E-state index in [9.17, 15) is 18.5 Å². The molecule has 0 saturated carbocycles. The fraction of sp³-hybridized carbons (Fsp3) is 0.111. The summed E-state index contributed by atoms with van der Waals surface area (Å²) in [6.45, 7) is 0. The molecule has 0 atom stereocenters. The average Bonchev–Trinajstić information content (AvgIpc) is 2.67. The summed E-state index contributed by atoms with van der Waals surface area (Å²) < 4.78 is 30.2. The molecule has 0 aromatic heterocycles. The first-order valence-corrected chi connectivity index (χ1v) is 10.1. The highest BCUT2D eigenvalue weighted by molar-refractivity contribution is 8.04. The number of ether oxygens (including phenoxy) is 1. The van der Waals surface area contributed by atoms with Crippen molar-refractivity contribution < 1.29 is 17.9 Å². The summed E-state index contributed by atoms with van der Waals surface area (Å²) >= 11 is 1.09. The Morgan fingerprint density at radius 1 is 1.15 bits per heavy atom. The number of hydrogen-bond acceptors (Lipinski definition) is 7. The van der Waals surface area contributed by atoms with E-state index in [1.54, 1.807) is 48.7 Å². The second-order valence-corrected chi connectivity index (χ2v) is 7.69. The van der Waals surface area contributed by atoms with Gasteiger partial charge in [-0.1, -0.05) is 24.3 Å². The van der Waals surface area contributed by atoms with Gasteiger partial charge in [-0.3, -0.25) is 0 Å². The van der Waals surface area contributed by atoms with Crippen LogP contribution in [-0.4, -0.2) is 27.8 Å². The number of methoxy groups -OCH3 is 1. The lowest BCUT2D eigenvalue weighted by Gasteiger charge is -2.12. The molecule has 134 valence electrons. The molecule has 6 nitrogen and oxygen atoms in total. The lowest BCUT2D eigenvalue weighted by Crippen LogP contribution is -2.10. The van der Waals surface area contributed by atoms with Crippen molar-refractivity contribution in [3.8, 4) is 6.07 Å². The van der Waals surface area contributed by atoms with Gasteiger partial charge in [0.15, 0.2) is 4.91 Å². The van der Waals surface area contributed by atoms with Gasteiger partial charge in [0.05, 0.1) is 17.6 Å². The molecular weight excluding hydrogens is 372 g/mol. The standard InChI is InChI=1S/C18H16N2O4S2/c1-24-18(21)13-7-6-8-14(11-13)20-17(25-2)16(12-19)26(22,23)15-9-4-3-5-10-15/h3-11,20H,1-2H3/b17-16-. The van der Waals surface area contributed by atoms with Gasteiger partial charge in [0.1, 0.15) is 11.1 Å². The van der Waals surface area contributed by atoms with E-state index in [1.807, 2.05) is 0 Å². The van der Waals surface area contributed by atoms with Gasteiger partial charge < -0.3 is 10.1 Å². The number of thioether (sulfide) groups is 1. The number of carbonyl (C=O) groups excluding carboxylic acids is 1. The van der Waals surface area contributed by atoms with Crippen LogP contribution in [0.25, 0.3) is 0 Å². The quantitative estimate of drug-likeness (QED) is 0.598. The highest BCUT2D eigenvalue weighted by atomic mass is 32.2. The zero-order valence-corrected chi connectivity index (χ0v) is 15.7. The molecule has 1 N–H and O–H groups in total. The van der Waals surface area contributed by atoms with Gasteiger partial charge in [0.2, 0.25) is 9.84 Å². The molecule has 0 aliphatic carbocycles. The molecule has 2 rings (SSSR count). The Morgan fingerprint density at radius 3 is 2.42 bits per heavy atom. The summed E-state index contributed by atoms with van der Waals surface area (Å²) in [7, 11) is -2.70. The zero-order valence-electron chi connectivity index (χ0n) is 14.1. The molecule has 0 radical (unpaired) electrons. The summed E-state index contributed by atoms with van der Waals surface area (Å²) in [4.78, 5) is 11.3. The summed E-state index contributed by atoms with van der Waals surface area (Å²) in [5.41, 5.74) is 0.774. The lowest BCUT2D eigenvalue weighted by molar-refractivity contribution is 0.0601. The van der Waals surface area contributed by atoms with Gasteiger partial charge in [0, 0.05) is 5.69 Å². The van der Waals surface area contributed by atoms with Crippen LogP contribution in [-0.2, 0) is 14.6 Å². The number of benzene rings is 2. The normalized spacial score (nSPS) is 11.9. The van der Waals surface area contributed by atoms with Crippen molar-refractivity contribution in [3.63, 3.8) is 0 Å². The minimum absolute atomic E-state index is 0.0354. The molecule has 26 heavy (non-hydrogen) atoms. The summed E-state index contributed by atoms with van der Waals surface area (Å²) in [5.74, 6) is -0.513. The van der Waals surface area contributed by atoms with Gasteiger partial charge in [0.25, 0.3) is 0 Å². The number of nitriles is 1. The number of sulfone groups is 1. The minimum Gasteiger partial charge on any atom is -0.465 e. The SMILES string of the molecule is COC(=O)c1cccc(N/C(SC)=C(\C#N)S(=O)(=O)c2ccccc2)c1. The van der Waals surface area contributed by atoms with Crippen molar-refractivity contribution in [3.05, 3.63) is 70.1 Å². The second-order valence-electron chi connectivity index (χ2n) is 4.99. The molecule has 0 amide bonds. The number of hydrogen-bond donors (Lipinski definition) is 1. The van der Waals surface area contributed by atoms with Crippen molar-refractivity contribution in [1.82, 2.24) is 0 Å². The lowest BCUT2D eigenvalue weighted by atomic mass is 10.2. The minimum atomic E-state index is -3.97. The van der Waals surface area contributed by atoms with E-state index in [0.29, 0.717) is 11.3 Å². The van der Waals surface area contributed by atoms with Crippen LogP contribution < -0.4 is 5.32 Å². The van der Waals surface area contributed by atoms with Crippen molar-refractivity contribution in [2.45, 2.75) is 4.90 Å². The third-order valence-corrected chi connectivity index (χ3v) is 5.94. The summed E-state index contributed by atoms with van der Waals surface area (Å²) in [6.07, 6.45) is 1.66. The van der Waals surface area contributed by atoms with E-state index in [0.717, 1.165) is 11.8 Å². The molecule has 0 aliphatic rings. The van der Waals surface area contributed by atoms with Crippen LogP contribution in [0.15, 0.2) is 69.4 Å². The first kappa shape index (κ1) is 19.6. The monoisotopic (exact) mass is 388 g/mol. The number of carbonyl (C=O) groups is 1. The summed E-state index contributed by atoms with van der Waals surface area (Å²) in [5, 5.41) is 12.5. The van der Waals surface area contributed by atoms with Crippen molar-refractivity contribution in [2.75, 3.05) is 18.7 Å². The number of anilines is 1. The Balaban J connectivity index is 2.48. The fourth-order valence-corrected chi connectivity index (χ4v) is 4.32. The molecular formula is C18H16N2O4S2. The third kappa shape index (κ3) is 4.25. The number of nitrogens with one attached hydrogen (secondary N) is 1. The molecule has 0 fully saturated rings. The first-order chi connectivity index (χ1) is 12.4. The van der Waals surface area contributed by atoms with Gasteiger partial charge >= 0.3 is 5.97 Å². The Hall–Kier alpha value is -2.76. The van der Waals surface area contributed by atoms with Gasteiger partial charge in [-0.15, -0.1) is 11.8 Å². The first-order valence-electron chi connectivity index (χ1n) is 7.38. The smallest absolute Gasteiger partial charge is 0.337 e. The van der Waals surface area contributed by atoms with Crippen molar-refractivity contribution >= 4 is 33.3 Å². The Bertz CT molecular complexity index is 978. The van der Waals surface area contributed by atoms with Crippen LogP contribution in [0.3, 0.4) is 0 Å². The maximum absolute atomic E-state index is 12.8. The van der Waals surface area contributed by atoms with Gasteiger partial charge in [-0.25, -0.2) is 13.2 Å². The number of nitrogens with zero attached hydrogens (tertiary/aromatic N) is 1. The zero-order chi connectivity index (χ0) is 19.2. The van der Waals surface area contributed by atoms with Crippen LogP contribution in [0.5, 0.6) is 0 Å². The van der Waals surface area contributed by atoms with Crippen molar-refractivity contribution in [1.29, 1.82) is 5.26 Å². The van der Waals surface area contributed by atoms with Gasteiger partial charge in [-0.05, 0) is 36.6 Å². The molecule has 0 unspecified atom stereocenters. The van der Waals surface area contributed by atoms with E-state index in [4.69, 9.17) is 0 Å². The van der Waals surface area contributed by atoms with Crippen LogP contribution in [0, 0.1) is 11.3 Å². The maximum Gasteiger partial charge on any atom is 0.337 e. The molecule has 0 bridgehead atoms. The fourth-order valence-electron chi connectivity index (χ4n) is 2.12. The average molecular weight is 388 g/mol. The van der Waals surface area contributed by atoms with E-state index in [1.165, 1.54) is 25.3 Å². The Labute approximate surface area is 156 Å². The largest absolute Gasteiger partial charge is 0.465 e. The number of allylic oxidation sites excluding steroid dienone is 1. The molecule has 0 heterocycles.